The molecule has 2 N–H and O–H groups in total. The molecule has 26 heavy (non-hydrogen) atoms. The van der Waals surface area contributed by atoms with Gasteiger partial charge in [0, 0.05) is 24.1 Å². The number of aromatic carboxylic acids is 1. The van der Waals surface area contributed by atoms with E-state index in [9.17, 15) is 15.0 Å². The van der Waals surface area contributed by atoms with Gasteiger partial charge in [0.15, 0.2) is 0 Å². The standard InChI is InChI=1S/C19H20O7/c1-23-11-7-16(25-3)13-9-14(20)18(26-17(13)8-11)10-4-5-12(19(21)22)15(6-10)24-2/h4-8,14,18,20H,9H2,1-3H3,(H,21,22). The second-order valence-electron chi connectivity index (χ2n) is 5.88. The first-order valence-corrected chi connectivity index (χ1v) is 7.99. The molecule has 0 bridgehead atoms. The van der Waals surface area contributed by atoms with Gasteiger partial charge < -0.3 is 29.2 Å². The fraction of sp³-hybridized carbons (Fsp3) is 0.316. The van der Waals surface area contributed by atoms with Gasteiger partial charge in [-0.05, 0) is 17.7 Å². The summed E-state index contributed by atoms with van der Waals surface area (Å²) < 4.78 is 21.8. The zero-order valence-electron chi connectivity index (χ0n) is 14.7. The maximum absolute atomic E-state index is 11.2. The van der Waals surface area contributed by atoms with Crippen LogP contribution in [0.5, 0.6) is 23.0 Å². The van der Waals surface area contributed by atoms with Crippen LogP contribution in [0.15, 0.2) is 30.3 Å². The number of rotatable bonds is 5. The van der Waals surface area contributed by atoms with E-state index in [2.05, 4.69) is 0 Å². The number of ether oxygens (including phenoxy) is 4. The van der Waals surface area contributed by atoms with E-state index in [1.165, 1.54) is 13.2 Å². The van der Waals surface area contributed by atoms with Gasteiger partial charge in [-0.2, -0.15) is 0 Å². The minimum absolute atomic E-state index is 0.0466. The average Bonchev–Trinajstić information content (AvgIpc) is 2.66. The summed E-state index contributed by atoms with van der Waals surface area (Å²) in [4.78, 5) is 11.2. The quantitative estimate of drug-likeness (QED) is 0.846. The van der Waals surface area contributed by atoms with E-state index in [4.69, 9.17) is 18.9 Å². The predicted octanol–water partition coefficient (Wildman–Crippen LogP) is 2.45. The Balaban J connectivity index is 2.00. The Morgan fingerprint density at radius 2 is 1.81 bits per heavy atom. The summed E-state index contributed by atoms with van der Waals surface area (Å²) in [6, 6.07) is 8.09. The molecule has 2 aromatic carbocycles. The molecule has 0 spiro atoms. The molecule has 138 valence electrons. The van der Waals surface area contributed by atoms with Crippen molar-refractivity contribution in [1.29, 1.82) is 0 Å². The van der Waals surface area contributed by atoms with Crippen molar-refractivity contribution >= 4 is 5.97 Å². The molecule has 0 fully saturated rings. The summed E-state index contributed by atoms with van der Waals surface area (Å²) in [5.41, 5.74) is 1.42. The van der Waals surface area contributed by atoms with Crippen molar-refractivity contribution in [2.24, 2.45) is 0 Å². The van der Waals surface area contributed by atoms with Crippen LogP contribution >= 0.6 is 0 Å². The Morgan fingerprint density at radius 1 is 1.08 bits per heavy atom. The fourth-order valence-corrected chi connectivity index (χ4v) is 3.09. The van der Waals surface area contributed by atoms with Crippen LogP contribution in [-0.2, 0) is 6.42 Å². The highest BCUT2D eigenvalue weighted by Crippen LogP contribution is 2.43. The maximum Gasteiger partial charge on any atom is 0.339 e. The number of methoxy groups -OCH3 is 3. The summed E-state index contributed by atoms with van der Waals surface area (Å²) in [5.74, 6) is 0.834. The third kappa shape index (κ3) is 3.13. The van der Waals surface area contributed by atoms with Crippen molar-refractivity contribution in [3.63, 3.8) is 0 Å². The van der Waals surface area contributed by atoms with E-state index in [0.29, 0.717) is 29.2 Å². The lowest BCUT2D eigenvalue weighted by Gasteiger charge is -2.32. The molecule has 0 saturated heterocycles. The van der Waals surface area contributed by atoms with Gasteiger partial charge in [-0.3, -0.25) is 0 Å². The molecule has 2 aromatic rings. The van der Waals surface area contributed by atoms with Gasteiger partial charge in [-0.25, -0.2) is 4.79 Å². The predicted molar refractivity (Wildman–Crippen MR) is 92.6 cm³/mol. The molecule has 3 rings (SSSR count). The maximum atomic E-state index is 11.2. The van der Waals surface area contributed by atoms with Crippen LogP contribution in [-0.4, -0.2) is 43.6 Å². The monoisotopic (exact) mass is 360 g/mol. The van der Waals surface area contributed by atoms with Gasteiger partial charge in [-0.1, -0.05) is 6.07 Å². The molecule has 0 saturated carbocycles. The molecule has 0 aromatic heterocycles. The van der Waals surface area contributed by atoms with Gasteiger partial charge in [0.2, 0.25) is 0 Å². The summed E-state index contributed by atoms with van der Waals surface area (Å²) in [7, 11) is 4.49. The number of carboxylic acid groups (broad SMARTS) is 1. The molecule has 0 amide bonds. The molecule has 7 heteroatoms. The molecule has 1 aliphatic rings. The number of carbonyl (C=O) groups is 1. The van der Waals surface area contributed by atoms with E-state index in [-0.39, 0.29) is 11.3 Å². The second kappa shape index (κ2) is 7.13. The van der Waals surface area contributed by atoms with Crippen LogP contribution in [0, 0.1) is 0 Å². The lowest BCUT2D eigenvalue weighted by molar-refractivity contribution is 0.0197. The Morgan fingerprint density at radius 3 is 2.42 bits per heavy atom. The van der Waals surface area contributed by atoms with E-state index >= 15 is 0 Å². The van der Waals surface area contributed by atoms with E-state index in [0.717, 1.165) is 5.56 Å². The summed E-state index contributed by atoms with van der Waals surface area (Å²) in [5, 5.41) is 19.8. The fourth-order valence-electron chi connectivity index (χ4n) is 3.09. The van der Waals surface area contributed by atoms with Crippen molar-refractivity contribution in [2.75, 3.05) is 21.3 Å². The lowest BCUT2D eigenvalue weighted by atomic mass is 9.93. The lowest BCUT2D eigenvalue weighted by Crippen LogP contribution is -2.30. The van der Waals surface area contributed by atoms with E-state index < -0.39 is 18.2 Å². The van der Waals surface area contributed by atoms with E-state index in [1.807, 2.05) is 0 Å². The van der Waals surface area contributed by atoms with Crippen LogP contribution in [0.3, 0.4) is 0 Å². The molecular formula is C19H20O7. The zero-order valence-corrected chi connectivity index (χ0v) is 14.7. The largest absolute Gasteiger partial charge is 0.496 e. The average molecular weight is 360 g/mol. The van der Waals surface area contributed by atoms with Crippen molar-refractivity contribution < 1.29 is 34.0 Å². The highest BCUT2D eigenvalue weighted by Gasteiger charge is 2.33. The number of hydrogen-bond donors (Lipinski definition) is 2. The highest BCUT2D eigenvalue weighted by atomic mass is 16.5. The Kier molecular flexibility index (Phi) is 4.90. The van der Waals surface area contributed by atoms with E-state index in [1.54, 1.807) is 38.5 Å². The third-order valence-corrected chi connectivity index (χ3v) is 4.40. The topological polar surface area (TPSA) is 94.5 Å². The van der Waals surface area contributed by atoms with Crippen molar-refractivity contribution in [3.8, 4) is 23.0 Å². The Hall–Kier alpha value is -2.93. The van der Waals surface area contributed by atoms with Crippen LogP contribution in [0.2, 0.25) is 0 Å². The summed E-state index contributed by atoms with van der Waals surface area (Å²) in [6.45, 7) is 0. The molecule has 2 unspecified atom stereocenters. The van der Waals surface area contributed by atoms with Crippen LogP contribution in [0.1, 0.15) is 27.6 Å². The smallest absolute Gasteiger partial charge is 0.339 e. The first-order chi connectivity index (χ1) is 12.5. The van der Waals surface area contributed by atoms with Gasteiger partial charge in [0.05, 0.1) is 27.4 Å². The second-order valence-corrected chi connectivity index (χ2v) is 5.88. The van der Waals surface area contributed by atoms with Gasteiger partial charge in [0.1, 0.15) is 34.7 Å². The number of fused-ring (bicyclic) bond motifs is 1. The minimum Gasteiger partial charge on any atom is -0.496 e. The molecule has 1 heterocycles. The van der Waals surface area contributed by atoms with Crippen LogP contribution < -0.4 is 18.9 Å². The third-order valence-electron chi connectivity index (χ3n) is 4.40. The number of aliphatic hydroxyl groups is 1. The first-order valence-electron chi connectivity index (χ1n) is 7.99. The van der Waals surface area contributed by atoms with Crippen molar-refractivity contribution in [2.45, 2.75) is 18.6 Å². The van der Waals surface area contributed by atoms with Crippen LogP contribution in [0.25, 0.3) is 0 Å². The highest BCUT2D eigenvalue weighted by molar-refractivity contribution is 5.91. The molecule has 7 nitrogen and oxygen atoms in total. The molecule has 0 aliphatic carbocycles. The SMILES string of the molecule is COc1cc(OC)c2c(c1)OC(c1ccc(C(=O)O)c(OC)c1)C(O)C2. The normalized spacial score (nSPS) is 18.5. The first kappa shape index (κ1) is 17.9. The molecular weight excluding hydrogens is 340 g/mol. The Bertz CT molecular complexity index is 831. The zero-order chi connectivity index (χ0) is 18.8. The number of benzene rings is 2. The summed E-state index contributed by atoms with van der Waals surface area (Å²) in [6.07, 6.45) is -1.17. The number of aliphatic hydroxyl groups excluding tert-OH is 1. The number of carboxylic acids is 1. The summed E-state index contributed by atoms with van der Waals surface area (Å²) >= 11 is 0. The minimum atomic E-state index is -1.08. The van der Waals surface area contributed by atoms with Crippen molar-refractivity contribution in [1.82, 2.24) is 0 Å². The van der Waals surface area contributed by atoms with Gasteiger partial charge in [-0.15, -0.1) is 0 Å². The number of hydrogen-bond acceptors (Lipinski definition) is 6. The van der Waals surface area contributed by atoms with Crippen molar-refractivity contribution in [3.05, 3.63) is 47.0 Å². The molecule has 2 atom stereocenters. The van der Waals surface area contributed by atoms with Gasteiger partial charge >= 0.3 is 5.97 Å². The Labute approximate surface area is 150 Å². The molecule has 0 radical (unpaired) electrons. The van der Waals surface area contributed by atoms with Crippen LogP contribution in [0.4, 0.5) is 0 Å². The van der Waals surface area contributed by atoms with Gasteiger partial charge in [0.25, 0.3) is 0 Å². The molecule has 1 aliphatic heterocycles.